The second-order valence-electron chi connectivity index (χ2n) is 6.83. The summed E-state index contributed by atoms with van der Waals surface area (Å²) in [4.78, 5) is 13.7. The Morgan fingerprint density at radius 3 is 2.48 bits per heavy atom. The van der Waals surface area contributed by atoms with Gasteiger partial charge in [-0.1, -0.05) is 24.3 Å². The van der Waals surface area contributed by atoms with Crippen LogP contribution in [0.1, 0.15) is 22.5 Å². The van der Waals surface area contributed by atoms with Gasteiger partial charge >= 0.3 is 12.2 Å². The monoisotopic (exact) mass is 402 g/mol. The van der Waals surface area contributed by atoms with Gasteiger partial charge in [0, 0.05) is 25.0 Å². The number of amides is 2. The SMILES string of the molecule is Cc1cc(C)n(-c2cccc(NC(=O)N(C)Cc3ccccc3C(F)(F)F)c2)n1. The van der Waals surface area contributed by atoms with E-state index in [2.05, 4.69) is 10.4 Å². The van der Waals surface area contributed by atoms with E-state index in [1.54, 1.807) is 22.9 Å². The molecule has 3 rings (SSSR count). The highest BCUT2D eigenvalue weighted by atomic mass is 19.4. The molecule has 0 radical (unpaired) electrons. The minimum atomic E-state index is -4.47. The average Bonchev–Trinajstić information content (AvgIpc) is 2.99. The molecule has 0 spiro atoms. The van der Waals surface area contributed by atoms with E-state index in [4.69, 9.17) is 0 Å². The van der Waals surface area contributed by atoms with Crippen LogP contribution in [0, 0.1) is 13.8 Å². The Balaban J connectivity index is 1.74. The predicted octanol–water partition coefficient (Wildman–Crippen LogP) is 5.17. The highest BCUT2D eigenvalue weighted by molar-refractivity contribution is 5.89. The molecule has 5 nitrogen and oxygen atoms in total. The second-order valence-corrected chi connectivity index (χ2v) is 6.83. The molecular formula is C21H21F3N4O. The van der Waals surface area contributed by atoms with Crippen molar-refractivity contribution in [3.63, 3.8) is 0 Å². The Hall–Kier alpha value is -3.29. The Bertz CT molecular complexity index is 1030. The lowest BCUT2D eigenvalue weighted by Gasteiger charge is -2.21. The maximum absolute atomic E-state index is 13.2. The van der Waals surface area contributed by atoms with Gasteiger partial charge in [-0.25, -0.2) is 9.48 Å². The molecule has 3 aromatic rings. The zero-order valence-corrected chi connectivity index (χ0v) is 16.3. The summed E-state index contributed by atoms with van der Waals surface area (Å²) in [6, 6.07) is 13.8. The van der Waals surface area contributed by atoms with E-state index in [1.165, 1.54) is 30.1 Å². The van der Waals surface area contributed by atoms with E-state index < -0.39 is 17.8 Å². The quantitative estimate of drug-likeness (QED) is 0.654. The van der Waals surface area contributed by atoms with Gasteiger partial charge in [0.1, 0.15) is 0 Å². The molecule has 1 N–H and O–H groups in total. The molecule has 2 aromatic carbocycles. The first-order chi connectivity index (χ1) is 13.6. The molecule has 0 saturated carbocycles. The summed E-state index contributed by atoms with van der Waals surface area (Å²) in [6.07, 6.45) is -4.47. The number of aromatic nitrogens is 2. The number of nitrogens with one attached hydrogen (secondary N) is 1. The Labute approximate surface area is 166 Å². The maximum atomic E-state index is 13.2. The lowest BCUT2D eigenvalue weighted by atomic mass is 10.1. The molecule has 0 bridgehead atoms. The van der Waals surface area contributed by atoms with Crippen molar-refractivity contribution in [2.75, 3.05) is 12.4 Å². The number of halogens is 3. The third-order valence-electron chi connectivity index (χ3n) is 4.43. The average molecular weight is 402 g/mol. The van der Waals surface area contributed by atoms with Crippen molar-refractivity contribution in [2.45, 2.75) is 26.6 Å². The first-order valence-electron chi connectivity index (χ1n) is 8.96. The fourth-order valence-electron chi connectivity index (χ4n) is 3.09. The molecule has 0 aliphatic rings. The highest BCUT2D eigenvalue weighted by Crippen LogP contribution is 2.32. The van der Waals surface area contributed by atoms with E-state index in [0.717, 1.165) is 23.1 Å². The van der Waals surface area contributed by atoms with Crippen LogP contribution in [-0.2, 0) is 12.7 Å². The van der Waals surface area contributed by atoms with Gasteiger partial charge in [0.05, 0.1) is 16.9 Å². The molecule has 1 aromatic heterocycles. The van der Waals surface area contributed by atoms with Gasteiger partial charge in [0.15, 0.2) is 0 Å². The minimum Gasteiger partial charge on any atom is -0.323 e. The van der Waals surface area contributed by atoms with E-state index in [-0.39, 0.29) is 12.1 Å². The van der Waals surface area contributed by atoms with Crippen LogP contribution in [-0.4, -0.2) is 27.8 Å². The molecule has 0 saturated heterocycles. The van der Waals surface area contributed by atoms with Crippen LogP contribution in [0.3, 0.4) is 0 Å². The van der Waals surface area contributed by atoms with Crippen molar-refractivity contribution in [2.24, 2.45) is 0 Å². The van der Waals surface area contributed by atoms with Gasteiger partial charge in [0.2, 0.25) is 0 Å². The van der Waals surface area contributed by atoms with Crippen LogP contribution >= 0.6 is 0 Å². The van der Waals surface area contributed by atoms with Crippen molar-refractivity contribution < 1.29 is 18.0 Å². The summed E-state index contributed by atoms with van der Waals surface area (Å²) in [5, 5.41) is 7.13. The van der Waals surface area contributed by atoms with Crippen molar-refractivity contribution in [3.05, 3.63) is 77.1 Å². The zero-order chi connectivity index (χ0) is 21.2. The van der Waals surface area contributed by atoms with Gasteiger partial charge < -0.3 is 10.2 Å². The topological polar surface area (TPSA) is 50.2 Å². The molecule has 0 unspecified atom stereocenters. The number of benzene rings is 2. The molecular weight excluding hydrogens is 381 g/mol. The summed E-state index contributed by atoms with van der Waals surface area (Å²) in [6.45, 7) is 3.65. The largest absolute Gasteiger partial charge is 0.416 e. The Morgan fingerprint density at radius 2 is 1.83 bits per heavy atom. The predicted molar refractivity (Wildman–Crippen MR) is 105 cm³/mol. The number of rotatable bonds is 4. The number of carbonyl (C=O) groups is 1. The normalized spacial score (nSPS) is 11.4. The van der Waals surface area contributed by atoms with Crippen molar-refractivity contribution in [3.8, 4) is 5.69 Å². The highest BCUT2D eigenvalue weighted by Gasteiger charge is 2.33. The van der Waals surface area contributed by atoms with Crippen LogP contribution < -0.4 is 5.32 Å². The molecule has 152 valence electrons. The maximum Gasteiger partial charge on any atom is 0.416 e. The van der Waals surface area contributed by atoms with Crippen molar-refractivity contribution in [1.29, 1.82) is 0 Å². The molecule has 1 heterocycles. The summed E-state index contributed by atoms with van der Waals surface area (Å²) in [5.74, 6) is 0. The summed E-state index contributed by atoms with van der Waals surface area (Å²) < 4.78 is 41.2. The lowest BCUT2D eigenvalue weighted by Crippen LogP contribution is -2.31. The van der Waals surface area contributed by atoms with Gasteiger partial charge in [0.25, 0.3) is 0 Å². The van der Waals surface area contributed by atoms with Gasteiger partial charge in [-0.3, -0.25) is 0 Å². The molecule has 0 fully saturated rings. The lowest BCUT2D eigenvalue weighted by molar-refractivity contribution is -0.138. The van der Waals surface area contributed by atoms with Crippen LogP contribution in [0.5, 0.6) is 0 Å². The van der Waals surface area contributed by atoms with Crippen LogP contribution in [0.15, 0.2) is 54.6 Å². The van der Waals surface area contributed by atoms with Crippen molar-refractivity contribution in [1.82, 2.24) is 14.7 Å². The number of hydrogen-bond acceptors (Lipinski definition) is 2. The van der Waals surface area contributed by atoms with Crippen LogP contribution in [0.25, 0.3) is 5.69 Å². The molecule has 29 heavy (non-hydrogen) atoms. The summed E-state index contributed by atoms with van der Waals surface area (Å²) >= 11 is 0. The number of nitrogens with zero attached hydrogens (tertiary/aromatic N) is 3. The first kappa shape index (κ1) is 20.4. The number of anilines is 1. The number of alkyl halides is 3. The zero-order valence-electron chi connectivity index (χ0n) is 16.3. The van der Waals surface area contributed by atoms with Crippen LogP contribution in [0.4, 0.5) is 23.7 Å². The fraction of sp³-hybridized carbons (Fsp3) is 0.238. The third kappa shape index (κ3) is 4.77. The Morgan fingerprint density at radius 1 is 1.10 bits per heavy atom. The number of aryl methyl sites for hydroxylation is 2. The van der Waals surface area contributed by atoms with E-state index in [1.807, 2.05) is 26.0 Å². The molecule has 0 aliphatic heterocycles. The molecule has 2 amide bonds. The first-order valence-corrected chi connectivity index (χ1v) is 8.96. The Kier molecular flexibility index (Phi) is 5.63. The standard InChI is InChI=1S/C21H21F3N4O/c1-14-11-15(2)28(26-14)18-9-6-8-17(12-18)25-20(29)27(3)13-16-7-4-5-10-19(16)21(22,23)24/h4-12H,13H2,1-3H3,(H,25,29). The number of carbonyl (C=O) groups excluding carboxylic acids is 1. The van der Waals surface area contributed by atoms with Crippen LogP contribution in [0.2, 0.25) is 0 Å². The van der Waals surface area contributed by atoms with Gasteiger partial charge in [-0.15, -0.1) is 0 Å². The molecule has 8 heteroatoms. The van der Waals surface area contributed by atoms with Gasteiger partial charge in [-0.05, 0) is 49.7 Å². The second kappa shape index (κ2) is 7.98. The fourth-order valence-corrected chi connectivity index (χ4v) is 3.09. The molecule has 0 aliphatic carbocycles. The van der Waals surface area contributed by atoms with Crippen molar-refractivity contribution >= 4 is 11.7 Å². The molecule has 0 atom stereocenters. The summed E-state index contributed by atoms with van der Waals surface area (Å²) in [5.41, 5.74) is 2.42. The minimum absolute atomic E-state index is 0.0361. The number of hydrogen-bond donors (Lipinski definition) is 1. The summed E-state index contributed by atoms with van der Waals surface area (Å²) in [7, 11) is 1.45. The van der Waals surface area contributed by atoms with E-state index >= 15 is 0 Å². The third-order valence-corrected chi connectivity index (χ3v) is 4.43. The number of urea groups is 1. The smallest absolute Gasteiger partial charge is 0.323 e. The van der Waals surface area contributed by atoms with E-state index in [9.17, 15) is 18.0 Å². The van der Waals surface area contributed by atoms with Gasteiger partial charge in [-0.2, -0.15) is 18.3 Å². The van der Waals surface area contributed by atoms with E-state index in [0.29, 0.717) is 5.69 Å².